The number of aromatic nitrogens is 4. The lowest BCUT2D eigenvalue weighted by molar-refractivity contribution is -0.00853. The molecule has 11 nitrogen and oxygen atoms in total. The van der Waals surface area contributed by atoms with E-state index >= 15 is 0 Å². The van der Waals surface area contributed by atoms with Crippen LogP contribution in [0.2, 0.25) is 0 Å². The van der Waals surface area contributed by atoms with Gasteiger partial charge in [0, 0.05) is 49.8 Å². The van der Waals surface area contributed by atoms with Gasteiger partial charge in [0.05, 0.1) is 5.52 Å². The minimum Gasteiger partial charge on any atom is -0.439 e. The number of nitrogens with zero attached hydrogens (tertiary/aromatic N) is 4. The minimum absolute atomic E-state index is 0.382. The monoisotopic (exact) mass is 474 g/mol. The van der Waals surface area contributed by atoms with Crippen molar-refractivity contribution in [3.63, 3.8) is 0 Å². The molecule has 3 aromatic heterocycles. The number of aromatic amines is 1. The normalized spacial score (nSPS) is 16.6. The van der Waals surface area contributed by atoms with Gasteiger partial charge in [-0.05, 0) is 37.6 Å². The third-order valence-electron chi connectivity index (χ3n) is 6.43. The maximum Gasteiger partial charge on any atom is 0.417 e. The fourth-order valence-electron chi connectivity index (χ4n) is 4.81. The number of hydrogen-bond donors (Lipinski definition) is 2. The number of pyridine rings is 1. The minimum atomic E-state index is -0.711. The Morgan fingerprint density at radius 3 is 2.77 bits per heavy atom. The zero-order valence-electron chi connectivity index (χ0n) is 19.1. The maximum absolute atomic E-state index is 12.2. The van der Waals surface area contributed by atoms with Crippen molar-refractivity contribution in [2.24, 2.45) is 0 Å². The van der Waals surface area contributed by atoms with Crippen molar-refractivity contribution >= 4 is 28.8 Å². The molecule has 178 valence electrons. The van der Waals surface area contributed by atoms with Crippen LogP contribution in [0.15, 0.2) is 45.7 Å². The summed E-state index contributed by atoms with van der Waals surface area (Å²) >= 11 is 0. The number of anilines is 2. The van der Waals surface area contributed by atoms with Crippen molar-refractivity contribution in [2.45, 2.75) is 32.3 Å². The Kier molecular flexibility index (Phi) is 4.73. The van der Waals surface area contributed by atoms with Gasteiger partial charge < -0.3 is 18.8 Å². The van der Waals surface area contributed by atoms with Gasteiger partial charge in [-0.15, -0.1) is 0 Å². The number of aryl methyl sites for hydroxylation is 2. The van der Waals surface area contributed by atoms with Gasteiger partial charge in [-0.1, -0.05) is 0 Å². The first kappa shape index (κ1) is 21.1. The fraction of sp³-hybridized carbons (Fsp3) is 0.292. The number of H-pyrrole nitrogens is 1. The van der Waals surface area contributed by atoms with Crippen LogP contribution >= 0.6 is 0 Å². The van der Waals surface area contributed by atoms with Crippen LogP contribution in [-0.4, -0.2) is 39.1 Å². The van der Waals surface area contributed by atoms with Gasteiger partial charge in [0.1, 0.15) is 28.8 Å². The van der Waals surface area contributed by atoms with Gasteiger partial charge >= 0.3 is 11.8 Å². The molecule has 0 unspecified atom stereocenters. The fourth-order valence-corrected chi connectivity index (χ4v) is 4.81. The van der Waals surface area contributed by atoms with Gasteiger partial charge in [0.15, 0.2) is 5.58 Å². The molecule has 1 spiro atoms. The number of ether oxygens (including phenoxy) is 2. The lowest BCUT2D eigenvalue weighted by Gasteiger charge is -2.44. The number of carbonyl (C=O) groups excluding carboxylic acids is 1. The molecule has 0 radical (unpaired) electrons. The second kappa shape index (κ2) is 7.83. The Morgan fingerprint density at radius 2 is 1.94 bits per heavy atom. The zero-order chi connectivity index (χ0) is 24.2. The van der Waals surface area contributed by atoms with Crippen molar-refractivity contribution < 1.29 is 18.7 Å². The molecule has 11 heteroatoms. The van der Waals surface area contributed by atoms with Crippen LogP contribution in [0.25, 0.3) is 11.1 Å². The summed E-state index contributed by atoms with van der Waals surface area (Å²) in [5, 5.41) is 2.68. The van der Waals surface area contributed by atoms with Crippen LogP contribution in [0.3, 0.4) is 0 Å². The third-order valence-corrected chi connectivity index (χ3v) is 6.43. The second-order valence-electron chi connectivity index (χ2n) is 8.74. The largest absolute Gasteiger partial charge is 0.439 e. The quantitative estimate of drug-likeness (QED) is 0.455. The van der Waals surface area contributed by atoms with E-state index in [1.165, 1.54) is 0 Å². The maximum atomic E-state index is 12.2. The van der Waals surface area contributed by atoms with E-state index < -0.39 is 17.5 Å². The third kappa shape index (κ3) is 3.74. The molecule has 5 heterocycles. The Bertz CT molecular complexity index is 1520. The van der Waals surface area contributed by atoms with Gasteiger partial charge in [-0.3, -0.25) is 10.3 Å². The molecule has 4 aromatic rings. The lowest BCUT2D eigenvalue weighted by Crippen LogP contribution is -2.48. The SMILES string of the molecule is Cc1nc(Oc2cc(C)c3[nH]c(=O)oc3c2)cc(N2CCC3(CC2)OC(=O)Nc2ncccc23)n1. The first-order valence-corrected chi connectivity index (χ1v) is 11.3. The van der Waals surface area contributed by atoms with E-state index in [-0.39, 0.29) is 0 Å². The molecule has 1 fully saturated rings. The van der Waals surface area contributed by atoms with Crippen LogP contribution in [0, 0.1) is 13.8 Å². The lowest BCUT2D eigenvalue weighted by atomic mass is 9.83. The number of rotatable bonds is 3. The van der Waals surface area contributed by atoms with E-state index in [1.807, 2.05) is 25.1 Å². The standard InChI is InChI=1S/C24H22N6O5/c1-13-10-15(11-17-20(13)28-22(31)34-17)33-19-12-18(26-14(2)27-19)30-8-5-24(6-9-30)16-4-3-7-25-21(16)29-23(32)35-24/h3-4,7,10-12H,5-6,8-9H2,1-2H3,(H,28,31)(H,25,29,32). The molecule has 2 aliphatic rings. The summed E-state index contributed by atoms with van der Waals surface area (Å²) in [6, 6.07) is 9.04. The molecule has 0 aliphatic carbocycles. The average molecular weight is 474 g/mol. The van der Waals surface area contributed by atoms with Crippen LogP contribution in [0.4, 0.5) is 16.4 Å². The van der Waals surface area contributed by atoms with Gasteiger partial charge in [-0.25, -0.2) is 19.6 Å². The molecular formula is C24H22N6O5. The summed E-state index contributed by atoms with van der Waals surface area (Å²) < 4.78 is 17.0. The smallest absolute Gasteiger partial charge is 0.417 e. The van der Waals surface area contributed by atoms with E-state index in [4.69, 9.17) is 13.9 Å². The number of hydrogen-bond acceptors (Lipinski definition) is 9. The topological polar surface area (TPSA) is 135 Å². The van der Waals surface area contributed by atoms with Crippen LogP contribution in [0.1, 0.15) is 29.8 Å². The molecule has 6 rings (SSSR count). The highest BCUT2D eigenvalue weighted by Crippen LogP contribution is 2.43. The second-order valence-corrected chi connectivity index (χ2v) is 8.74. The predicted molar refractivity (Wildman–Crippen MR) is 126 cm³/mol. The molecule has 1 amide bonds. The molecule has 35 heavy (non-hydrogen) atoms. The molecule has 2 aliphatic heterocycles. The van der Waals surface area contributed by atoms with Crippen molar-refractivity contribution in [2.75, 3.05) is 23.3 Å². The van der Waals surface area contributed by atoms with Gasteiger partial charge in [0.2, 0.25) is 5.88 Å². The van der Waals surface area contributed by atoms with Crippen molar-refractivity contribution in [1.29, 1.82) is 0 Å². The van der Waals surface area contributed by atoms with E-state index in [0.717, 1.165) is 16.9 Å². The summed E-state index contributed by atoms with van der Waals surface area (Å²) in [5.74, 6) is 2.21. The molecule has 1 aromatic carbocycles. The summed E-state index contributed by atoms with van der Waals surface area (Å²) in [4.78, 5) is 41.8. The number of fused-ring (bicyclic) bond motifs is 3. The Morgan fingerprint density at radius 1 is 1.11 bits per heavy atom. The van der Waals surface area contributed by atoms with E-state index in [9.17, 15) is 9.59 Å². The van der Waals surface area contributed by atoms with Crippen molar-refractivity contribution in [3.8, 4) is 11.6 Å². The number of benzene rings is 1. The average Bonchev–Trinajstić information content (AvgIpc) is 3.20. The first-order valence-electron chi connectivity index (χ1n) is 11.3. The molecule has 0 atom stereocenters. The Labute approximate surface area is 199 Å². The Hall–Kier alpha value is -4.41. The predicted octanol–water partition coefficient (Wildman–Crippen LogP) is 3.77. The molecule has 1 saturated heterocycles. The van der Waals surface area contributed by atoms with Crippen LogP contribution in [0.5, 0.6) is 11.6 Å². The van der Waals surface area contributed by atoms with Gasteiger partial charge in [0.25, 0.3) is 0 Å². The number of oxazole rings is 1. The van der Waals surface area contributed by atoms with Crippen LogP contribution in [-0.2, 0) is 10.3 Å². The highest BCUT2D eigenvalue weighted by atomic mass is 16.6. The highest BCUT2D eigenvalue weighted by Gasteiger charge is 2.45. The molecule has 0 saturated carbocycles. The van der Waals surface area contributed by atoms with Crippen molar-refractivity contribution in [1.82, 2.24) is 19.9 Å². The summed E-state index contributed by atoms with van der Waals surface area (Å²) in [5.41, 5.74) is 2.06. The van der Waals surface area contributed by atoms with E-state index in [2.05, 4.69) is 30.2 Å². The van der Waals surface area contributed by atoms with Crippen molar-refractivity contribution in [3.05, 3.63) is 64.0 Å². The number of carbonyl (C=O) groups is 1. The summed E-state index contributed by atoms with van der Waals surface area (Å²) in [7, 11) is 0. The Balaban J connectivity index is 1.24. The van der Waals surface area contributed by atoms with E-state index in [1.54, 1.807) is 25.3 Å². The molecular weight excluding hydrogens is 452 g/mol. The van der Waals surface area contributed by atoms with E-state index in [0.29, 0.717) is 60.3 Å². The number of nitrogens with one attached hydrogen (secondary N) is 2. The summed E-state index contributed by atoms with van der Waals surface area (Å²) in [6.45, 7) is 4.91. The van der Waals surface area contributed by atoms with Crippen LogP contribution < -0.4 is 20.7 Å². The number of piperidine rings is 1. The zero-order valence-corrected chi connectivity index (χ0v) is 19.1. The molecule has 0 bridgehead atoms. The highest BCUT2D eigenvalue weighted by molar-refractivity contribution is 5.87. The summed E-state index contributed by atoms with van der Waals surface area (Å²) in [6.07, 6.45) is 2.37. The van der Waals surface area contributed by atoms with Gasteiger partial charge in [-0.2, -0.15) is 4.98 Å². The number of amides is 1. The molecule has 2 N–H and O–H groups in total. The first-order chi connectivity index (χ1) is 16.9.